The van der Waals surface area contributed by atoms with Gasteiger partial charge in [0, 0.05) is 5.69 Å². The molecule has 7 nitrogen and oxygen atoms in total. The SMILES string of the molecule is O=C(Nc1nn[nH]n1)c1cc2c([nH]1)CCCC2. The van der Waals surface area contributed by atoms with Crippen LogP contribution in [0, 0.1) is 0 Å². The summed E-state index contributed by atoms with van der Waals surface area (Å²) in [5.74, 6) is -0.0524. The monoisotopic (exact) mass is 232 g/mol. The summed E-state index contributed by atoms with van der Waals surface area (Å²) in [5, 5.41) is 15.6. The van der Waals surface area contributed by atoms with Crippen LogP contribution in [0.25, 0.3) is 0 Å². The zero-order valence-electron chi connectivity index (χ0n) is 9.16. The van der Waals surface area contributed by atoms with Gasteiger partial charge in [0.25, 0.3) is 11.9 Å². The molecule has 3 N–H and O–H groups in total. The van der Waals surface area contributed by atoms with Gasteiger partial charge < -0.3 is 4.98 Å². The van der Waals surface area contributed by atoms with Crippen LogP contribution in [0.15, 0.2) is 6.07 Å². The van der Waals surface area contributed by atoms with E-state index in [2.05, 4.69) is 30.9 Å². The second kappa shape index (κ2) is 4.00. The number of aryl methyl sites for hydroxylation is 2. The lowest BCUT2D eigenvalue weighted by molar-refractivity contribution is 0.102. The van der Waals surface area contributed by atoms with Crippen LogP contribution in [0.5, 0.6) is 0 Å². The van der Waals surface area contributed by atoms with Crippen molar-refractivity contribution in [2.24, 2.45) is 0 Å². The number of carbonyl (C=O) groups is 1. The highest BCUT2D eigenvalue weighted by Gasteiger charge is 2.17. The van der Waals surface area contributed by atoms with Crippen molar-refractivity contribution in [3.05, 3.63) is 23.0 Å². The number of nitrogens with zero attached hydrogens (tertiary/aromatic N) is 3. The number of hydrogen-bond donors (Lipinski definition) is 3. The topological polar surface area (TPSA) is 99.3 Å². The number of carbonyl (C=O) groups excluding carboxylic acids is 1. The number of hydrogen-bond acceptors (Lipinski definition) is 4. The van der Waals surface area contributed by atoms with Crippen LogP contribution in [-0.4, -0.2) is 31.5 Å². The van der Waals surface area contributed by atoms with Gasteiger partial charge in [-0.25, -0.2) is 0 Å². The van der Waals surface area contributed by atoms with Crippen LogP contribution in [-0.2, 0) is 12.8 Å². The first kappa shape index (κ1) is 10.0. The van der Waals surface area contributed by atoms with Crippen molar-refractivity contribution in [1.82, 2.24) is 25.6 Å². The Labute approximate surface area is 97.0 Å². The van der Waals surface area contributed by atoms with Gasteiger partial charge >= 0.3 is 0 Å². The van der Waals surface area contributed by atoms with E-state index in [9.17, 15) is 4.79 Å². The molecule has 0 saturated carbocycles. The minimum atomic E-state index is -0.235. The molecule has 0 fully saturated rings. The third-order valence-electron chi connectivity index (χ3n) is 2.93. The van der Waals surface area contributed by atoms with Crippen LogP contribution >= 0.6 is 0 Å². The van der Waals surface area contributed by atoms with Crippen molar-refractivity contribution in [2.75, 3.05) is 5.32 Å². The number of rotatable bonds is 2. The molecule has 0 aromatic carbocycles. The zero-order chi connectivity index (χ0) is 11.7. The number of H-pyrrole nitrogens is 2. The fourth-order valence-corrected chi connectivity index (χ4v) is 2.11. The maximum Gasteiger partial charge on any atom is 0.274 e. The predicted octanol–water partition coefficient (Wildman–Crippen LogP) is 0.659. The van der Waals surface area contributed by atoms with Crippen molar-refractivity contribution < 1.29 is 4.79 Å². The molecule has 1 amide bonds. The average Bonchev–Trinajstić information content (AvgIpc) is 2.96. The van der Waals surface area contributed by atoms with Crippen molar-refractivity contribution in [3.63, 3.8) is 0 Å². The number of fused-ring (bicyclic) bond motifs is 1. The number of aromatic amines is 2. The Kier molecular flexibility index (Phi) is 2.36. The maximum absolute atomic E-state index is 11.9. The quantitative estimate of drug-likeness (QED) is 0.708. The molecule has 0 aliphatic heterocycles. The summed E-state index contributed by atoms with van der Waals surface area (Å²) >= 11 is 0. The number of amides is 1. The molecular weight excluding hydrogens is 220 g/mol. The van der Waals surface area contributed by atoms with Gasteiger partial charge in [0.05, 0.1) is 0 Å². The molecule has 17 heavy (non-hydrogen) atoms. The molecule has 0 saturated heterocycles. The van der Waals surface area contributed by atoms with Crippen LogP contribution in [0.4, 0.5) is 5.95 Å². The number of anilines is 1. The second-order valence-corrected chi connectivity index (χ2v) is 4.08. The fraction of sp³-hybridized carbons (Fsp3) is 0.400. The van der Waals surface area contributed by atoms with Gasteiger partial charge in [-0.2, -0.15) is 5.21 Å². The largest absolute Gasteiger partial charge is 0.354 e. The van der Waals surface area contributed by atoms with E-state index in [0.29, 0.717) is 5.69 Å². The van der Waals surface area contributed by atoms with Gasteiger partial charge in [-0.05, 0) is 42.5 Å². The standard InChI is InChI=1S/C10H12N6O/c17-9(12-10-13-15-16-14-10)8-5-6-3-1-2-4-7(6)11-8/h5,11H,1-4H2,(H2,12,13,14,15,16,17). The Bertz CT molecular complexity index is 505. The van der Waals surface area contributed by atoms with Crippen LogP contribution < -0.4 is 5.32 Å². The highest BCUT2D eigenvalue weighted by atomic mass is 16.2. The molecule has 3 rings (SSSR count). The van der Waals surface area contributed by atoms with Gasteiger partial charge in [0.15, 0.2) is 0 Å². The minimum Gasteiger partial charge on any atom is -0.354 e. The first-order valence-corrected chi connectivity index (χ1v) is 5.58. The van der Waals surface area contributed by atoms with Crippen molar-refractivity contribution in [3.8, 4) is 0 Å². The molecule has 7 heteroatoms. The van der Waals surface area contributed by atoms with Crippen molar-refractivity contribution >= 4 is 11.9 Å². The lowest BCUT2D eigenvalue weighted by Gasteiger charge is -2.08. The van der Waals surface area contributed by atoms with E-state index < -0.39 is 0 Å². The van der Waals surface area contributed by atoms with E-state index in [1.807, 2.05) is 6.07 Å². The van der Waals surface area contributed by atoms with Gasteiger partial charge in [0.2, 0.25) is 0 Å². The summed E-state index contributed by atoms with van der Waals surface area (Å²) in [5.41, 5.74) is 2.98. The van der Waals surface area contributed by atoms with Crippen LogP contribution in [0.1, 0.15) is 34.6 Å². The van der Waals surface area contributed by atoms with Gasteiger partial charge in [-0.15, -0.1) is 5.10 Å². The average molecular weight is 232 g/mol. The Morgan fingerprint density at radius 3 is 3.00 bits per heavy atom. The molecule has 2 aromatic heterocycles. The van der Waals surface area contributed by atoms with Crippen LogP contribution in [0.2, 0.25) is 0 Å². The van der Waals surface area contributed by atoms with Gasteiger partial charge in [-0.3, -0.25) is 10.1 Å². The molecule has 1 aliphatic rings. The Hall–Kier alpha value is -2.18. The summed E-state index contributed by atoms with van der Waals surface area (Å²) in [6, 6.07) is 1.91. The summed E-state index contributed by atoms with van der Waals surface area (Å²) in [6.07, 6.45) is 4.43. The Morgan fingerprint density at radius 1 is 1.35 bits per heavy atom. The third-order valence-corrected chi connectivity index (χ3v) is 2.93. The van der Waals surface area contributed by atoms with Gasteiger partial charge in [-0.1, -0.05) is 5.10 Å². The first-order chi connectivity index (χ1) is 8.33. The highest BCUT2D eigenvalue weighted by molar-refractivity contribution is 6.02. The normalized spacial score (nSPS) is 14.4. The molecular formula is C10H12N6O. The molecule has 0 bridgehead atoms. The number of aromatic nitrogens is 5. The molecule has 0 spiro atoms. The lowest BCUT2D eigenvalue weighted by Crippen LogP contribution is -2.13. The maximum atomic E-state index is 11.9. The highest BCUT2D eigenvalue weighted by Crippen LogP contribution is 2.21. The molecule has 88 valence electrons. The summed E-state index contributed by atoms with van der Waals surface area (Å²) in [6.45, 7) is 0. The summed E-state index contributed by atoms with van der Waals surface area (Å²) in [7, 11) is 0. The molecule has 0 atom stereocenters. The smallest absolute Gasteiger partial charge is 0.274 e. The van der Waals surface area contributed by atoms with E-state index in [1.165, 1.54) is 24.1 Å². The zero-order valence-corrected chi connectivity index (χ0v) is 9.16. The van der Waals surface area contributed by atoms with Crippen molar-refractivity contribution in [1.29, 1.82) is 0 Å². The van der Waals surface area contributed by atoms with E-state index >= 15 is 0 Å². The van der Waals surface area contributed by atoms with Crippen LogP contribution in [0.3, 0.4) is 0 Å². The summed E-state index contributed by atoms with van der Waals surface area (Å²) in [4.78, 5) is 15.0. The molecule has 2 aromatic rings. The molecule has 0 unspecified atom stereocenters. The molecule has 2 heterocycles. The van der Waals surface area contributed by atoms with E-state index in [1.54, 1.807) is 0 Å². The van der Waals surface area contributed by atoms with E-state index in [4.69, 9.17) is 0 Å². The van der Waals surface area contributed by atoms with E-state index in [-0.39, 0.29) is 11.9 Å². The predicted molar refractivity (Wildman–Crippen MR) is 59.6 cm³/mol. The minimum absolute atomic E-state index is 0.183. The molecule has 1 aliphatic carbocycles. The third kappa shape index (κ3) is 1.91. The summed E-state index contributed by atoms with van der Waals surface area (Å²) < 4.78 is 0. The fourth-order valence-electron chi connectivity index (χ4n) is 2.11. The first-order valence-electron chi connectivity index (χ1n) is 5.58. The van der Waals surface area contributed by atoms with E-state index in [0.717, 1.165) is 12.8 Å². The molecule has 0 radical (unpaired) electrons. The number of tetrazole rings is 1. The Morgan fingerprint density at radius 2 is 2.24 bits per heavy atom. The second-order valence-electron chi connectivity index (χ2n) is 4.08. The number of nitrogens with one attached hydrogen (secondary N) is 3. The van der Waals surface area contributed by atoms with Crippen molar-refractivity contribution in [2.45, 2.75) is 25.7 Å². The van der Waals surface area contributed by atoms with Gasteiger partial charge in [0.1, 0.15) is 5.69 Å². The Balaban J connectivity index is 1.79. The lowest BCUT2D eigenvalue weighted by atomic mass is 9.98.